The number of carbonyl (C=O) groups is 5. The summed E-state index contributed by atoms with van der Waals surface area (Å²) in [7, 11) is 0. The van der Waals surface area contributed by atoms with Crippen molar-refractivity contribution in [3.63, 3.8) is 0 Å². The zero-order valence-electron chi connectivity index (χ0n) is 16.8. The Hall–Kier alpha value is -2.76. The van der Waals surface area contributed by atoms with Crippen LogP contribution in [0, 0.1) is 0 Å². The third-order valence-corrected chi connectivity index (χ3v) is 5.94. The van der Waals surface area contributed by atoms with E-state index in [1.54, 1.807) is 24.3 Å². The molecule has 174 valence electrons. The van der Waals surface area contributed by atoms with Crippen LogP contribution in [0.25, 0.3) is 0 Å². The van der Waals surface area contributed by atoms with E-state index in [-0.39, 0.29) is 30.3 Å². The average Bonchev–Trinajstić information content (AvgIpc) is 2.75. The van der Waals surface area contributed by atoms with Crippen LogP contribution in [0.3, 0.4) is 0 Å². The summed E-state index contributed by atoms with van der Waals surface area (Å²) in [5.74, 6) is -4.39. The molecule has 14 heteroatoms. The number of hydrogen-bond donors (Lipinski definition) is 6. The Bertz CT molecular complexity index is 852. The number of nitrogens with two attached hydrogens (primary N) is 1. The summed E-state index contributed by atoms with van der Waals surface area (Å²) in [6.45, 7) is -0.651. The number of benzene rings is 1. The Morgan fingerprint density at radius 1 is 1.06 bits per heavy atom. The van der Waals surface area contributed by atoms with Gasteiger partial charge in [0.25, 0.3) is 0 Å². The van der Waals surface area contributed by atoms with Crippen LogP contribution in [0.5, 0.6) is 0 Å². The number of aliphatic carboxylic acids is 2. The number of carboxylic acids is 2. The van der Waals surface area contributed by atoms with Crippen LogP contribution in [-0.2, 0) is 27.7 Å². The fraction of sp³-hybridized carbons (Fsp3) is 0.389. The van der Waals surface area contributed by atoms with Crippen LogP contribution in [0.4, 0.5) is 5.69 Å². The predicted molar refractivity (Wildman–Crippen MR) is 116 cm³/mol. The third kappa shape index (κ3) is 11.0. The van der Waals surface area contributed by atoms with Crippen molar-refractivity contribution < 1.29 is 37.9 Å². The van der Waals surface area contributed by atoms with Crippen molar-refractivity contribution >= 4 is 67.2 Å². The van der Waals surface area contributed by atoms with E-state index < -0.39 is 58.1 Å². The van der Waals surface area contributed by atoms with Gasteiger partial charge in [-0.25, -0.2) is 0 Å². The van der Waals surface area contributed by atoms with Gasteiger partial charge in [0.2, 0.25) is 0 Å². The quantitative estimate of drug-likeness (QED) is 0.145. The third-order valence-electron chi connectivity index (χ3n) is 3.84. The van der Waals surface area contributed by atoms with E-state index in [1.165, 1.54) is 0 Å². The fourth-order valence-corrected chi connectivity index (χ4v) is 3.63. The van der Waals surface area contributed by atoms with Crippen LogP contribution in [0.2, 0.25) is 0 Å². The van der Waals surface area contributed by atoms with Gasteiger partial charge in [0.05, 0.1) is 0 Å². The number of rotatable bonds is 14. The summed E-state index contributed by atoms with van der Waals surface area (Å²) < 4.78 is 11.5. The van der Waals surface area contributed by atoms with Crippen molar-refractivity contribution in [1.82, 2.24) is 10.6 Å². The first-order valence-electron chi connectivity index (χ1n) is 9.20. The molecule has 0 aliphatic carbocycles. The normalized spacial score (nSPS) is 12.4. The zero-order valence-corrected chi connectivity index (χ0v) is 19.5. The minimum absolute atomic E-state index is 0.0332. The molecule has 32 heavy (non-hydrogen) atoms. The van der Waals surface area contributed by atoms with Crippen molar-refractivity contribution in [2.45, 2.75) is 24.9 Å². The summed E-state index contributed by atoms with van der Waals surface area (Å²) in [6, 6.07) is 4.10. The second-order valence-electron chi connectivity index (χ2n) is 6.42. The maximum absolute atomic E-state index is 12.2. The number of carboxylic acid groups (broad SMARTS) is 2. The molecule has 1 aromatic rings. The molecule has 0 fully saturated rings. The van der Waals surface area contributed by atoms with Gasteiger partial charge in [0.15, 0.2) is 0 Å². The first-order valence-corrected chi connectivity index (χ1v) is 12.1. The summed E-state index contributed by atoms with van der Waals surface area (Å²) in [4.78, 5) is 57.7. The molecule has 0 spiro atoms. The Morgan fingerprint density at radius 2 is 1.72 bits per heavy atom. The van der Waals surface area contributed by atoms with Gasteiger partial charge in [-0.1, -0.05) is 0 Å². The van der Waals surface area contributed by atoms with Crippen LogP contribution in [-0.4, -0.2) is 85.7 Å². The smallest absolute Gasteiger partial charge is 0.480 e. The molecule has 1 rings (SSSR count). The summed E-state index contributed by atoms with van der Waals surface area (Å²) in [5, 5.41) is 24.6. The number of thioether (sulfide) groups is 1. The van der Waals surface area contributed by atoms with Gasteiger partial charge >= 0.3 is 138 Å². The molecule has 0 saturated carbocycles. The minimum atomic E-state index is -1.27. The minimum Gasteiger partial charge on any atom is -0.480 e. The van der Waals surface area contributed by atoms with E-state index in [2.05, 4.69) is 16.0 Å². The molecule has 0 bridgehead atoms. The second kappa shape index (κ2) is 14.3. The van der Waals surface area contributed by atoms with Gasteiger partial charge in [-0.15, -0.1) is 0 Å². The van der Waals surface area contributed by atoms with E-state index >= 15 is 0 Å². The number of carbonyl (C=O) groups excluding carboxylic acids is 3. The molecule has 3 amide bonds. The molecule has 7 N–H and O–H groups in total. The second-order valence-corrected chi connectivity index (χ2v) is 8.91. The van der Waals surface area contributed by atoms with E-state index in [9.17, 15) is 27.7 Å². The van der Waals surface area contributed by atoms with Gasteiger partial charge in [0.1, 0.15) is 12.6 Å². The Kier molecular flexibility index (Phi) is 12.2. The van der Waals surface area contributed by atoms with Crippen molar-refractivity contribution in [3.05, 3.63) is 24.3 Å². The van der Waals surface area contributed by atoms with Gasteiger partial charge < -0.3 is 15.9 Å². The van der Waals surface area contributed by atoms with Gasteiger partial charge in [-0.3, -0.25) is 14.4 Å². The van der Waals surface area contributed by atoms with Crippen molar-refractivity contribution in [2.75, 3.05) is 23.4 Å². The Labute approximate surface area is 194 Å². The molecule has 0 aliphatic heterocycles. The Morgan fingerprint density at radius 3 is 2.28 bits per heavy atom. The fourth-order valence-electron chi connectivity index (χ4n) is 2.22. The summed E-state index contributed by atoms with van der Waals surface area (Å²) in [5.41, 5.74) is 5.85. The first kappa shape index (κ1) is 27.3. The van der Waals surface area contributed by atoms with Crippen molar-refractivity contribution in [1.29, 1.82) is 0 Å². The predicted octanol–water partition coefficient (Wildman–Crippen LogP) is -2.09. The SMILES string of the molecule is N[C@@H](CCC(=O)N[C@@H](CSCC(=O)Nc1ccc([As]=O)cc1)C(=O)NCC(=O)O)C(=O)O. The number of amides is 3. The first-order chi connectivity index (χ1) is 15.1. The molecular weight excluding hydrogens is 507 g/mol. The number of nitrogens with one attached hydrogen (secondary N) is 3. The van der Waals surface area contributed by atoms with Gasteiger partial charge in [0, 0.05) is 6.42 Å². The molecule has 12 nitrogen and oxygen atoms in total. The van der Waals surface area contributed by atoms with E-state index in [0.29, 0.717) is 10.0 Å². The molecular formula is C18H23AsN4O8S. The Balaban J connectivity index is 2.59. The molecule has 0 heterocycles. The average molecular weight is 530 g/mol. The van der Waals surface area contributed by atoms with Gasteiger partial charge in [-0.05, 0) is 6.42 Å². The zero-order chi connectivity index (χ0) is 24.1. The summed E-state index contributed by atoms with van der Waals surface area (Å²) in [6.07, 6.45) is -0.393. The van der Waals surface area contributed by atoms with Crippen LogP contribution in [0.15, 0.2) is 24.3 Å². The molecule has 0 saturated heterocycles. The van der Waals surface area contributed by atoms with Gasteiger partial charge in [-0.2, -0.15) is 0 Å². The molecule has 0 radical (unpaired) electrons. The van der Waals surface area contributed by atoms with E-state index in [4.69, 9.17) is 15.9 Å². The molecule has 0 unspecified atom stereocenters. The van der Waals surface area contributed by atoms with Crippen LogP contribution >= 0.6 is 11.8 Å². The molecule has 1 aromatic carbocycles. The number of hydrogen-bond acceptors (Lipinski definition) is 8. The standard InChI is InChI=1S/C18H23AsN4O8S/c20-12(18(29)30)5-6-14(24)23-13(17(28)21-7-16(26)27)8-32-9-15(25)22-11-3-1-10(19-31)2-4-11/h1-4,12-13H,5-9,20H2,(H,21,28)(H,22,25)(H,23,24)(H,26,27)(H,29,30)/t12-,13-/m0/s1. The molecule has 0 aromatic heterocycles. The summed E-state index contributed by atoms with van der Waals surface area (Å²) >= 11 is -0.120. The van der Waals surface area contributed by atoms with Crippen molar-refractivity contribution in [3.8, 4) is 0 Å². The van der Waals surface area contributed by atoms with E-state index in [1.807, 2.05) is 0 Å². The topological polar surface area (TPSA) is 205 Å². The molecule has 0 aliphatic rings. The maximum atomic E-state index is 12.2. The number of anilines is 1. The van der Waals surface area contributed by atoms with E-state index in [0.717, 1.165) is 11.8 Å². The van der Waals surface area contributed by atoms with Crippen LogP contribution in [0.1, 0.15) is 12.8 Å². The monoisotopic (exact) mass is 530 g/mol. The van der Waals surface area contributed by atoms with Crippen LogP contribution < -0.4 is 26.0 Å². The molecule has 2 atom stereocenters. The van der Waals surface area contributed by atoms with Crippen molar-refractivity contribution in [2.24, 2.45) is 5.73 Å².